The number of carbonyl (C=O) groups excluding carboxylic acids is 2. The van der Waals surface area contributed by atoms with Gasteiger partial charge in [-0.15, -0.1) is 0 Å². The Labute approximate surface area is 192 Å². The minimum absolute atomic E-state index is 0.0943. The predicted molar refractivity (Wildman–Crippen MR) is 123 cm³/mol. The molecule has 1 aliphatic rings. The molecular weight excluding hydrogens is 423 g/mol. The number of anilines is 1. The van der Waals surface area contributed by atoms with E-state index in [1.807, 2.05) is 13.0 Å². The largest absolute Gasteiger partial charge is 0.495 e. The van der Waals surface area contributed by atoms with Gasteiger partial charge in [-0.1, -0.05) is 19.1 Å². The summed E-state index contributed by atoms with van der Waals surface area (Å²) in [5, 5.41) is 7.43. The van der Waals surface area contributed by atoms with Gasteiger partial charge in [0.25, 0.3) is 5.91 Å². The second-order valence-electron chi connectivity index (χ2n) is 7.99. The van der Waals surface area contributed by atoms with Crippen LogP contribution in [0.3, 0.4) is 0 Å². The van der Waals surface area contributed by atoms with Crippen LogP contribution in [-0.4, -0.2) is 46.7 Å². The standard InChI is InChI=1S/C25H27FN4O3/c1-3-15-29(16-23(31)27-20-8-4-5-10-22(20)33-2)25(32)24-19-7-6-9-21(19)30(28-24)18-13-11-17(26)12-14-18/h4-5,8,10-14H,3,6-7,9,15-16H2,1-2H3,(H,27,31). The molecule has 3 aromatic rings. The van der Waals surface area contributed by atoms with Crippen molar-refractivity contribution in [2.24, 2.45) is 0 Å². The summed E-state index contributed by atoms with van der Waals surface area (Å²) in [6.45, 7) is 2.29. The Bertz CT molecular complexity index is 1160. The first-order chi connectivity index (χ1) is 16.0. The molecule has 0 atom stereocenters. The normalized spacial score (nSPS) is 12.3. The van der Waals surface area contributed by atoms with Crippen molar-refractivity contribution < 1.29 is 18.7 Å². The molecule has 1 N–H and O–H groups in total. The number of benzene rings is 2. The van der Waals surface area contributed by atoms with E-state index in [0.29, 0.717) is 35.8 Å². The number of fused-ring (bicyclic) bond motifs is 1. The fourth-order valence-electron chi connectivity index (χ4n) is 4.19. The van der Waals surface area contributed by atoms with Crippen LogP contribution in [0.25, 0.3) is 5.69 Å². The molecule has 0 bridgehead atoms. The number of nitrogens with one attached hydrogen (secondary N) is 1. The first kappa shape index (κ1) is 22.5. The smallest absolute Gasteiger partial charge is 0.275 e. The third-order valence-electron chi connectivity index (χ3n) is 5.70. The molecule has 0 saturated carbocycles. The van der Waals surface area contributed by atoms with Crippen molar-refractivity contribution in [3.8, 4) is 11.4 Å². The molecule has 0 unspecified atom stereocenters. The van der Waals surface area contributed by atoms with Crippen LogP contribution < -0.4 is 10.1 Å². The van der Waals surface area contributed by atoms with E-state index >= 15 is 0 Å². The van der Waals surface area contributed by atoms with Gasteiger partial charge in [-0.25, -0.2) is 9.07 Å². The van der Waals surface area contributed by atoms with Crippen LogP contribution >= 0.6 is 0 Å². The summed E-state index contributed by atoms with van der Waals surface area (Å²) in [5.74, 6) is -0.355. The number of aromatic nitrogens is 2. The highest BCUT2D eigenvalue weighted by Gasteiger charge is 2.30. The molecule has 0 aliphatic heterocycles. The molecule has 2 amide bonds. The van der Waals surface area contributed by atoms with Crippen molar-refractivity contribution in [1.29, 1.82) is 0 Å². The van der Waals surface area contributed by atoms with E-state index in [1.54, 1.807) is 35.0 Å². The van der Waals surface area contributed by atoms with Crippen LogP contribution in [-0.2, 0) is 17.6 Å². The van der Waals surface area contributed by atoms with Gasteiger partial charge in [0, 0.05) is 17.8 Å². The third-order valence-corrected chi connectivity index (χ3v) is 5.70. The molecule has 8 heteroatoms. The van der Waals surface area contributed by atoms with Gasteiger partial charge < -0.3 is 15.0 Å². The van der Waals surface area contributed by atoms with E-state index in [9.17, 15) is 14.0 Å². The third kappa shape index (κ3) is 4.74. The van der Waals surface area contributed by atoms with Crippen molar-refractivity contribution in [2.45, 2.75) is 32.6 Å². The summed E-state index contributed by atoms with van der Waals surface area (Å²) in [6, 6.07) is 13.2. The molecule has 7 nitrogen and oxygen atoms in total. The SMILES string of the molecule is CCCN(CC(=O)Nc1ccccc1OC)C(=O)c1nn(-c2ccc(F)cc2)c2c1CCC2. The second-order valence-corrected chi connectivity index (χ2v) is 7.99. The molecular formula is C25H27FN4O3. The first-order valence-corrected chi connectivity index (χ1v) is 11.1. The van der Waals surface area contributed by atoms with Gasteiger partial charge >= 0.3 is 0 Å². The number of rotatable bonds is 8. The Kier molecular flexibility index (Phi) is 6.72. The van der Waals surface area contributed by atoms with E-state index in [-0.39, 0.29) is 24.2 Å². The maximum absolute atomic E-state index is 13.5. The van der Waals surface area contributed by atoms with E-state index < -0.39 is 0 Å². The number of hydrogen-bond acceptors (Lipinski definition) is 4. The summed E-state index contributed by atoms with van der Waals surface area (Å²) in [5.41, 5.74) is 3.51. The average Bonchev–Trinajstić information content (AvgIpc) is 3.42. The zero-order chi connectivity index (χ0) is 23.4. The van der Waals surface area contributed by atoms with Gasteiger partial charge in [-0.3, -0.25) is 9.59 Å². The predicted octanol–water partition coefficient (Wildman–Crippen LogP) is 4.00. The van der Waals surface area contributed by atoms with Crippen molar-refractivity contribution in [2.75, 3.05) is 25.5 Å². The Morgan fingerprint density at radius 1 is 1.15 bits per heavy atom. The van der Waals surface area contributed by atoms with E-state index in [4.69, 9.17) is 4.74 Å². The molecule has 1 aliphatic carbocycles. The maximum Gasteiger partial charge on any atom is 0.275 e. The van der Waals surface area contributed by atoms with Gasteiger partial charge in [-0.05, 0) is 62.1 Å². The highest BCUT2D eigenvalue weighted by atomic mass is 19.1. The molecule has 0 radical (unpaired) electrons. The maximum atomic E-state index is 13.5. The van der Waals surface area contributed by atoms with E-state index in [2.05, 4.69) is 10.4 Å². The zero-order valence-corrected chi connectivity index (χ0v) is 18.8. The number of amides is 2. The number of hydrogen-bond donors (Lipinski definition) is 1. The molecule has 0 spiro atoms. The number of halogens is 1. The quantitative estimate of drug-likeness (QED) is 0.563. The first-order valence-electron chi connectivity index (χ1n) is 11.1. The summed E-state index contributed by atoms with van der Waals surface area (Å²) in [4.78, 5) is 27.8. The van der Waals surface area contributed by atoms with Crippen molar-refractivity contribution in [3.63, 3.8) is 0 Å². The van der Waals surface area contributed by atoms with Crippen molar-refractivity contribution >= 4 is 17.5 Å². The molecule has 0 saturated heterocycles. The minimum atomic E-state index is -0.325. The van der Waals surface area contributed by atoms with Crippen LogP contribution in [0.1, 0.15) is 41.5 Å². The van der Waals surface area contributed by atoms with Gasteiger partial charge in [-0.2, -0.15) is 5.10 Å². The van der Waals surface area contributed by atoms with Crippen molar-refractivity contribution in [1.82, 2.24) is 14.7 Å². The van der Waals surface area contributed by atoms with Gasteiger partial charge in [0.05, 0.1) is 18.5 Å². The molecule has 172 valence electrons. The summed E-state index contributed by atoms with van der Waals surface area (Å²) in [7, 11) is 1.54. The molecule has 0 fully saturated rings. The Hall–Kier alpha value is -3.68. The second kappa shape index (κ2) is 9.85. The Balaban J connectivity index is 1.57. The molecule has 1 heterocycles. The van der Waals surface area contributed by atoms with Crippen LogP contribution in [0.2, 0.25) is 0 Å². The molecule has 1 aromatic heterocycles. The van der Waals surface area contributed by atoms with E-state index in [0.717, 1.165) is 30.5 Å². The van der Waals surface area contributed by atoms with E-state index in [1.165, 1.54) is 24.1 Å². The fourth-order valence-corrected chi connectivity index (χ4v) is 4.19. The lowest BCUT2D eigenvalue weighted by Crippen LogP contribution is -2.39. The lowest BCUT2D eigenvalue weighted by molar-refractivity contribution is -0.116. The number of para-hydroxylation sites is 2. The Morgan fingerprint density at radius 2 is 1.91 bits per heavy atom. The highest BCUT2D eigenvalue weighted by molar-refractivity contribution is 6.00. The average molecular weight is 451 g/mol. The van der Waals surface area contributed by atoms with Crippen LogP contribution in [0.5, 0.6) is 5.75 Å². The number of carbonyl (C=O) groups is 2. The lowest BCUT2D eigenvalue weighted by Gasteiger charge is -2.21. The van der Waals surface area contributed by atoms with Crippen LogP contribution in [0, 0.1) is 5.82 Å². The minimum Gasteiger partial charge on any atom is -0.495 e. The number of ether oxygens (including phenoxy) is 1. The lowest BCUT2D eigenvalue weighted by atomic mass is 10.1. The molecule has 33 heavy (non-hydrogen) atoms. The number of nitrogens with zero attached hydrogens (tertiary/aromatic N) is 3. The zero-order valence-electron chi connectivity index (χ0n) is 18.8. The van der Waals surface area contributed by atoms with Crippen LogP contribution in [0.4, 0.5) is 10.1 Å². The molecule has 4 rings (SSSR count). The van der Waals surface area contributed by atoms with Crippen LogP contribution in [0.15, 0.2) is 48.5 Å². The van der Waals surface area contributed by atoms with Gasteiger partial charge in [0.2, 0.25) is 5.91 Å². The Morgan fingerprint density at radius 3 is 2.64 bits per heavy atom. The fraction of sp³-hybridized carbons (Fsp3) is 0.320. The summed E-state index contributed by atoms with van der Waals surface area (Å²) in [6.07, 6.45) is 3.19. The van der Waals surface area contributed by atoms with Crippen molar-refractivity contribution in [3.05, 3.63) is 71.3 Å². The van der Waals surface area contributed by atoms with Gasteiger partial charge in [0.15, 0.2) is 5.69 Å². The molecule has 2 aromatic carbocycles. The topological polar surface area (TPSA) is 76.5 Å². The highest BCUT2D eigenvalue weighted by Crippen LogP contribution is 2.29. The number of methoxy groups -OCH3 is 1. The van der Waals surface area contributed by atoms with Gasteiger partial charge in [0.1, 0.15) is 18.1 Å². The monoisotopic (exact) mass is 450 g/mol. The summed E-state index contributed by atoms with van der Waals surface area (Å²) >= 11 is 0. The summed E-state index contributed by atoms with van der Waals surface area (Å²) < 4.78 is 20.4.